The number of rotatable bonds is 5. The second-order valence-electron chi connectivity index (χ2n) is 4.61. The fourth-order valence-electron chi connectivity index (χ4n) is 2.07. The molecule has 2 N–H and O–H groups in total. The Morgan fingerprint density at radius 2 is 2.05 bits per heavy atom. The average molecular weight is 272 g/mol. The predicted octanol–water partition coefficient (Wildman–Crippen LogP) is 0.302. The van der Waals surface area contributed by atoms with Crippen molar-refractivity contribution >= 4 is 18.0 Å². The highest BCUT2D eigenvalue weighted by Gasteiger charge is 2.36. The average Bonchev–Trinajstić information content (AvgIpc) is 2.71. The minimum atomic E-state index is -0.880. The van der Waals surface area contributed by atoms with Crippen molar-refractivity contribution in [1.82, 2.24) is 10.2 Å². The number of carboxylic acids is 1. The molecule has 0 radical (unpaired) electrons. The monoisotopic (exact) mass is 272 g/mol. The zero-order chi connectivity index (χ0) is 14.4. The van der Waals surface area contributed by atoms with Gasteiger partial charge in [0, 0.05) is 19.6 Å². The molecule has 108 valence electrons. The first kappa shape index (κ1) is 15.3. The van der Waals surface area contributed by atoms with Crippen LogP contribution in [-0.4, -0.2) is 54.2 Å². The number of carbonyl (C=O) groups is 3. The van der Waals surface area contributed by atoms with E-state index in [-0.39, 0.29) is 37.4 Å². The maximum absolute atomic E-state index is 11.8. The Balaban J connectivity index is 2.31. The van der Waals surface area contributed by atoms with Crippen molar-refractivity contribution in [2.75, 3.05) is 26.2 Å². The topological polar surface area (TPSA) is 95.9 Å². The van der Waals surface area contributed by atoms with Gasteiger partial charge >= 0.3 is 18.0 Å². The quantitative estimate of drug-likeness (QED) is 0.702. The zero-order valence-electron chi connectivity index (χ0n) is 11.2. The number of ether oxygens (including phenoxy) is 1. The van der Waals surface area contributed by atoms with E-state index in [9.17, 15) is 14.4 Å². The summed E-state index contributed by atoms with van der Waals surface area (Å²) in [6.45, 7) is 4.67. The van der Waals surface area contributed by atoms with Gasteiger partial charge in [-0.15, -0.1) is 0 Å². The number of likely N-dealkylation sites (tertiary alicyclic amines) is 1. The lowest BCUT2D eigenvalue weighted by Crippen LogP contribution is -2.40. The molecule has 1 aliphatic rings. The smallest absolute Gasteiger partial charge is 0.317 e. The van der Waals surface area contributed by atoms with Gasteiger partial charge in [-0.2, -0.15) is 0 Å². The molecular formula is C12H20N2O5. The summed E-state index contributed by atoms with van der Waals surface area (Å²) in [5.41, 5.74) is 0. The molecule has 0 aromatic carbocycles. The van der Waals surface area contributed by atoms with Crippen LogP contribution >= 0.6 is 0 Å². The highest BCUT2D eigenvalue weighted by Crippen LogP contribution is 2.22. The summed E-state index contributed by atoms with van der Waals surface area (Å²) >= 11 is 0. The summed E-state index contributed by atoms with van der Waals surface area (Å²) in [4.78, 5) is 35.2. The van der Waals surface area contributed by atoms with E-state index in [1.54, 1.807) is 6.92 Å². The number of hydrogen-bond acceptors (Lipinski definition) is 4. The molecule has 7 heteroatoms. The maximum Gasteiger partial charge on any atom is 0.317 e. The highest BCUT2D eigenvalue weighted by atomic mass is 16.5. The van der Waals surface area contributed by atoms with Gasteiger partial charge in [0.05, 0.1) is 18.9 Å². The number of urea groups is 1. The molecule has 0 saturated carbocycles. The molecule has 19 heavy (non-hydrogen) atoms. The summed E-state index contributed by atoms with van der Waals surface area (Å²) in [5.74, 6) is -1.82. The van der Waals surface area contributed by atoms with Gasteiger partial charge in [-0.25, -0.2) is 4.79 Å². The minimum Gasteiger partial charge on any atom is -0.481 e. The fourth-order valence-corrected chi connectivity index (χ4v) is 2.07. The first-order valence-electron chi connectivity index (χ1n) is 6.36. The largest absolute Gasteiger partial charge is 0.481 e. The van der Waals surface area contributed by atoms with Crippen molar-refractivity contribution in [3.05, 3.63) is 0 Å². The van der Waals surface area contributed by atoms with Crippen molar-refractivity contribution in [1.29, 1.82) is 0 Å². The Bertz CT molecular complexity index is 358. The van der Waals surface area contributed by atoms with Crippen molar-refractivity contribution < 1.29 is 24.2 Å². The molecule has 1 heterocycles. The minimum absolute atomic E-state index is 0.0618. The molecule has 1 aliphatic heterocycles. The third-order valence-electron chi connectivity index (χ3n) is 3.13. The molecule has 1 rings (SSSR count). The Morgan fingerprint density at radius 3 is 2.58 bits per heavy atom. The van der Waals surface area contributed by atoms with Crippen LogP contribution < -0.4 is 5.32 Å². The van der Waals surface area contributed by atoms with Gasteiger partial charge in [0.15, 0.2) is 0 Å². The standard InChI is InChI=1S/C12H20N2O5/c1-3-19-10(15)4-5-13-12(18)14-6-8(2)9(7-14)11(16)17/h8-9H,3-7H2,1-2H3,(H,13,18)(H,16,17)/t8-,9-/m1/s1. The van der Waals surface area contributed by atoms with E-state index in [2.05, 4.69) is 5.32 Å². The molecule has 1 fully saturated rings. The molecular weight excluding hydrogens is 252 g/mol. The lowest BCUT2D eigenvalue weighted by atomic mass is 9.99. The summed E-state index contributed by atoms with van der Waals surface area (Å²) in [6, 6.07) is -0.333. The molecule has 0 aromatic heterocycles. The molecule has 0 spiro atoms. The first-order chi connectivity index (χ1) is 8.95. The van der Waals surface area contributed by atoms with Crippen LogP contribution in [0.3, 0.4) is 0 Å². The third-order valence-corrected chi connectivity index (χ3v) is 3.13. The van der Waals surface area contributed by atoms with Gasteiger partial charge in [-0.3, -0.25) is 9.59 Å². The van der Waals surface area contributed by atoms with Crippen molar-refractivity contribution in [2.24, 2.45) is 11.8 Å². The van der Waals surface area contributed by atoms with Crippen LogP contribution in [0.5, 0.6) is 0 Å². The highest BCUT2D eigenvalue weighted by molar-refractivity contribution is 5.78. The van der Waals surface area contributed by atoms with Crippen molar-refractivity contribution in [2.45, 2.75) is 20.3 Å². The Hall–Kier alpha value is -1.79. The fraction of sp³-hybridized carbons (Fsp3) is 0.750. The molecule has 1 saturated heterocycles. The van der Waals surface area contributed by atoms with Crippen LogP contribution in [-0.2, 0) is 14.3 Å². The number of nitrogens with one attached hydrogen (secondary N) is 1. The SMILES string of the molecule is CCOC(=O)CCNC(=O)N1C[C@@H](C)[C@H](C(=O)O)C1. The lowest BCUT2D eigenvalue weighted by molar-refractivity contribution is -0.143. The molecule has 2 atom stereocenters. The van der Waals surface area contributed by atoms with Gasteiger partial charge in [-0.05, 0) is 12.8 Å². The number of aliphatic carboxylic acids is 1. The Labute approximate surface area is 111 Å². The number of hydrogen-bond donors (Lipinski definition) is 2. The first-order valence-corrected chi connectivity index (χ1v) is 6.36. The summed E-state index contributed by atoms with van der Waals surface area (Å²) in [7, 11) is 0. The second kappa shape index (κ2) is 6.96. The lowest BCUT2D eigenvalue weighted by Gasteiger charge is -2.16. The van der Waals surface area contributed by atoms with Gasteiger partial charge in [0.2, 0.25) is 0 Å². The summed E-state index contributed by atoms with van der Waals surface area (Å²) in [6.07, 6.45) is 0.116. The van der Waals surface area contributed by atoms with Gasteiger partial charge in [0.25, 0.3) is 0 Å². The van der Waals surface area contributed by atoms with Gasteiger partial charge in [0.1, 0.15) is 0 Å². The molecule has 0 aliphatic carbocycles. The van der Waals surface area contributed by atoms with Gasteiger partial charge in [-0.1, -0.05) is 6.92 Å². The molecule has 7 nitrogen and oxygen atoms in total. The van der Waals surface area contributed by atoms with Crippen LogP contribution in [0.4, 0.5) is 4.79 Å². The Kier molecular flexibility index (Phi) is 5.59. The normalized spacial score (nSPS) is 22.1. The van der Waals surface area contributed by atoms with E-state index in [1.165, 1.54) is 4.90 Å². The summed E-state index contributed by atoms with van der Waals surface area (Å²) < 4.78 is 4.73. The predicted molar refractivity (Wildman–Crippen MR) is 66.5 cm³/mol. The van der Waals surface area contributed by atoms with Crippen molar-refractivity contribution in [3.63, 3.8) is 0 Å². The summed E-state index contributed by atoms with van der Waals surface area (Å²) in [5, 5.41) is 11.6. The maximum atomic E-state index is 11.8. The number of carboxylic acid groups (broad SMARTS) is 1. The second-order valence-corrected chi connectivity index (χ2v) is 4.61. The van der Waals surface area contributed by atoms with Gasteiger partial charge < -0.3 is 20.1 Å². The van der Waals surface area contributed by atoms with Crippen LogP contribution in [0.15, 0.2) is 0 Å². The number of carbonyl (C=O) groups excluding carboxylic acids is 2. The van der Waals surface area contributed by atoms with E-state index in [0.717, 1.165) is 0 Å². The Morgan fingerprint density at radius 1 is 1.37 bits per heavy atom. The van der Waals surface area contributed by atoms with Crippen LogP contribution in [0.2, 0.25) is 0 Å². The van der Waals surface area contributed by atoms with Crippen LogP contribution in [0.25, 0.3) is 0 Å². The van der Waals surface area contributed by atoms with Crippen LogP contribution in [0.1, 0.15) is 20.3 Å². The van der Waals surface area contributed by atoms with E-state index < -0.39 is 11.9 Å². The number of amides is 2. The number of esters is 1. The van der Waals surface area contributed by atoms with E-state index in [0.29, 0.717) is 13.2 Å². The third kappa shape index (κ3) is 4.42. The van der Waals surface area contributed by atoms with Crippen molar-refractivity contribution in [3.8, 4) is 0 Å². The molecule has 0 bridgehead atoms. The van der Waals surface area contributed by atoms with E-state index in [4.69, 9.17) is 9.84 Å². The number of nitrogens with zero attached hydrogens (tertiary/aromatic N) is 1. The molecule has 0 unspecified atom stereocenters. The van der Waals surface area contributed by atoms with E-state index >= 15 is 0 Å². The molecule has 0 aromatic rings. The van der Waals surface area contributed by atoms with E-state index in [1.807, 2.05) is 6.92 Å². The van der Waals surface area contributed by atoms with Crippen LogP contribution in [0, 0.1) is 11.8 Å². The molecule has 2 amide bonds. The zero-order valence-corrected chi connectivity index (χ0v) is 11.2.